The van der Waals surface area contributed by atoms with Gasteiger partial charge in [-0.3, -0.25) is 0 Å². The minimum absolute atomic E-state index is 0.665. The topological polar surface area (TPSA) is 64.9 Å². The fourth-order valence-electron chi connectivity index (χ4n) is 1.20. The van der Waals surface area contributed by atoms with Gasteiger partial charge in [0.05, 0.1) is 5.75 Å². The maximum absolute atomic E-state index is 5.61. The Kier molecular flexibility index (Phi) is 3.46. The molecule has 84 valence electrons. The average Bonchev–Trinajstić information content (AvgIpc) is 2.76. The van der Waals surface area contributed by atoms with Crippen molar-refractivity contribution in [1.29, 1.82) is 0 Å². The van der Waals surface area contributed by atoms with Crippen molar-refractivity contribution < 1.29 is 4.42 Å². The molecule has 0 spiro atoms. The zero-order chi connectivity index (χ0) is 11.4. The van der Waals surface area contributed by atoms with Gasteiger partial charge in [0, 0.05) is 17.0 Å². The highest BCUT2D eigenvalue weighted by Crippen LogP contribution is 2.22. The number of hydrogen-bond acceptors (Lipinski definition) is 5. The summed E-state index contributed by atoms with van der Waals surface area (Å²) in [5.41, 5.74) is 6.38. The molecule has 16 heavy (non-hydrogen) atoms. The molecule has 0 fully saturated rings. The number of aromatic nitrogens is 2. The number of nitrogens with two attached hydrogens (primary N) is 1. The lowest BCUT2D eigenvalue weighted by molar-refractivity contribution is 0.470. The second-order valence-electron chi connectivity index (χ2n) is 3.30. The van der Waals surface area contributed by atoms with Crippen LogP contribution < -0.4 is 5.73 Å². The number of benzene rings is 1. The van der Waals surface area contributed by atoms with E-state index in [0.717, 1.165) is 17.0 Å². The van der Waals surface area contributed by atoms with E-state index in [4.69, 9.17) is 10.2 Å². The van der Waals surface area contributed by atoms with Crippen molar-refractivity contribution in [3.8, 4) is 0 Å². The third-order valence-electron chi connectivity index (χ3n) is 2.05. The van der Waals surface area contributed by atoms with Crippen molar-refractivity contribution >= 4 is 17.4 Å². The Morgan fingerprint density at radius 2 is 1.88 bits per heavy atom. The average molecular weight is 235 g/mol. The first kappa shape index (κ1) is 11.0. The molecule has 0 aliphatic heterocycles. The molecule has 1 aromatic heterocycles. The van der Waals surface area contributed by atoms with Crippen LogP contribution in [0, 0.1) is 0 Å². The summed E-state index contributed by atoms with van der Waals surface area (Å²) < 4.78 is 5.41. The van der Waals surface area contributed by atoms with Gasteiger partial charge in [0.15, 0.2) is 0 Å². The standard InChI is InChI=1S/C11H13N3OS/c1-2-10-13-14-11(15-10)7-16-9-5-3-8(12)4-6-9/h3-6H,2,7,12H2,1H3. The Balaban J connectivity index is 1.94. The second-order valence-corrected chi connectivity index (χ2v) is 4.35. The quantitative estimate of drug-likeness (QED) is 0.651. The molecule has 2 N–H and O–H groups in total. The van der Waals surface area contributed by atoms with Crippen LogP contribution in [0.1, 0.15) is 18.7 Å². The minimum atomic E-state index is 0.665. The fourth-order valence-corrected chi connectivity index (χ4v) is 1.93. The van der Waals surface area contributed by atoms with Gasteiger partial charge in [0.1, 0.15) is 0 Å². The second kappa shape index (κ2) is 5.03. The highest BCUT2D eigenvalue weighted by Gasteiger charge is 2.04. The van der Waals surface area contributed by atoms with Crippen molar-refractivity contribution in [2.45, 2.75) is 24.0 Å². The van der Waals surface area contributed by atoms with Crippen LogP contribution in [0.15, 0.2) is 33.6 Å². The normalized spacial score (nSPS) is 10.6. The van der Waals surface area contributed by atoms with Crippen molar-refractivity contribution in [1.82, 2.24) is 10.2 Å². The number of rotatable bonds is 4. The van der Waals surface area contributed by atoms with Crippen LogP contribution >= 0.6 is 11.8 Å². The first-order chi connectivity index (χ1) is 7.78. The molecular formula is C11H13N3OS. The van der Waals surface area contributed by atoms with Crippen molar-refractivity contribution in [3.63, 3.8) is 0 Å². The molecule has 1 aromatic carbocycles. The summed E-state index contributed by atoms with van der Waals surface area (Å²) in [6, 6.07) is 7.73. The lowest BCUT2D eigenvalue weighted by Crippen LogP contribution is -1.84. The van der Waals surface area contributed by atoms with Crippen molar-refractivity contribution in [3.05, 3.63) is 36.0 Å². The van der Waals surface area contributed by atoms with Gasteiger partial charge in [-0.25, -0.2) is 0 Å². The van der Waals surface area contributed by atoms with Gasteiger partial charge in [-0.1, -0.05) is 6.92 Å². The number of aryl methyl sites for hydroxylation is 1. The lowest BCUT2D eigenvalue weighted by Gasteiger charge is -1.98. The third-order valence-corrected chi connectivity index (χ3v) is 3.05. The molecule has 4 nitrogen and oxygen atoms in total. The van der Waals surface area contributed by atoms with E-state index in [0.29, 0.717) is 17.5 Å². The van der Waals surface area contributed by atoms with Gasteiger partial charge in [0.25, 0.3) is 0 Å². The van der Waals surface area contributed by atoms with E-state index in [1.54, 1.807) is 11.8 Å². The number of anilines is 1. The number of thioether (sulfide) groups is 1. The van der Waals surface area contributed by atoms with Crippen LogP contribution in [0.3, 0.4) is 0 Å². The Morgan fingerprint density at radius 1 is 1.19 bits per heavy atom. The van der Waals surface area contributed by atoms with E-state index >= 15 is 0 Å². The monoisotopic (exact) mass is 235 g/mol. The molecule has 0 radical (unpaired) electrons. The molecule has 0 saturated carbocycles. The molecule has 0 aliphatic carbocycles. The molecule has 1 heterocycles. The smallest absolute Gasteiger partial charge is 0.226 e. The van der Waals surface area contributed by atoms with E-state index < -0.39 is 0 Å². The minimum Gasteiger partial charge on any atom is -0.424 e. The molecule has 2 rings (SSSR count). The summed E-state index contributed by atoms with van der Waals surface area (Å²) in [5, 5.41) is 7.87. The molecule has 0 bridgehead atoms. The van der Waals surface area contributed by atoms with E-state index in [-0.39, 0.29) is 0 Å². The Labute approximate surface area is 98.2 Å². The fraction of sp³-hybridized carbons (Fsp3) is 0.273. The lowest BCUT2D eigenvalue weighted by atomic mass is 10.3. The maximum atomic E-state index is 5.61. The predicted molar refractivity (Wildman–Crippen MR) is 64.1 cm³/mol. The predicted octanol–water partition coefficient (Wildman–Crippen LogP) is 2.51. The molecule has 0 amide bonds. The van der Waals surface area contributed by atoms with E-state index in [1.807, 2.05) is 31.2 Å². The van der Waals surface area contributed by atoms with E-state index in [2.05, 4.69) is 10.2 Å². The molecule has 0 unspecified atom stereocenters. The molecule has 0 saturated heterocycles. The Hall–Kier alpha value is -1.49. The van der Waals surface area contributed by atoms with Gasteiger partial charge in [-0.15, -0.1) is 22.0 Å². The van der Waals surface area contributed by atoms with Crippen LogP contribution in [0.5, 0.6) is 0 Å². The van der Waals surface area contributed by atoms with Crippen LogP contribution in [0.25, 0.3) is 0 Å². The van der Waals surface area contributed by atoms with Crippen molar-refractivity contribution in [2.24, 2.45) is 0 Å². The Bertz CT molecular complexity index is 453. The first-order valence-electron chi connectivity index (χ1n) is 5.07. The molecular weight excluding hydrogens is 222 g/mol. The van der Waals surface area contributed by atoms with Gasteiger partial charge < -0.3 is 10.2 Å². The summed E-state index contributed by atoms with van der Waals surface area (Å²) >= 11 is 1.65. The zero-order valence-corrected chi connectivity index (χ0v) is 9.83. The molecule has 0 atom stereocenters. The van der Waals surface area contributed by atoms with Crippen molar-refractivity contribution in [2.75, 3.05) is 5.73 Å². The van der Waals surface area contributed by atoms with Crippen LogP contribution in [-0.2, 0) is 12.2 Å². The maximum Gasteiger partial charge on any atom is 0.226 e. The molecule has 2 aromatic rings. The number of hydrogen-bond donors (Lipinski definition) is 1. The highest BCUT2D eigenvalue weighted by molar-refractivity contribution is 7.98. The zero-order valence-electron chi connectivity index (χ0n) is 9.01. The molecule has 5 heteroatoms. The summed E-state index contributed by atoms with van der Waals surface area (Å²) in [7, 11) is 0. The summed E-state index contributed by atoms with van der Waals surface area (Å²) in [6.45, 7) is 1.99. The third kappa shape index (κ3) is 2.76. The van der Waals surface area contributed by atoms with Crippen LogP contribution in [0.4, 0.5) is 5.69 Å². The number of nitrogen functional groups attached to an aromatic ring is 1. The van der Waals surface area contributed by atoms with E-state index in [9.17, 15) is 0 Å². The van der Waals surface area contributed by atoms with Gasteiger partial charge in [-0.2, -0.15) is 0 Å². The van der Waals surface area contributed by atoms with E-state index in [1.165, 1.54) is 0 Å². The SMILES string of the molecule is CCc1nnc(CSc2ccc(N)cc2)o1. The van der Waals surface area contributed by atoms with Gasteiger partial charge in [0.2, 0.25) is 11.8 Å². The summed E-state index contributed by atoms with van der Waals surface area (Å²) in [5.74, 6) is 2.04. The van der Waals surface area contributed by atoms with Crippen LogP contribution in [0.2, 0.25) is 0 Å². The summed E-state index contributed by atoms with van der Waals surface area (Å²) in [4.78, 5) is 1.14. The van der Waals surface area contributed by atoms with Gasteiger partial charge >= 0.3 is 0 Å². The van der Waals surface area contributed by atoms with Gasteiger partial charge in [-0.05, 0) is 24.3 Å². The van der Waals surface area contributed by atoms with Crippen LogP contribution in [-0.4, -0.2) is 10.2 Å². The Morgan fingerprint density at radius 3 is 2.50 bits per heavy atom. The first-order valence-corrected chi connectivity index (χ1v) is 6.06. The summed E-state index contributed by atoms with van der Waals surface area (Å²) in [6.07, 6.45) is 0.777. The molecule has 0 aliphatic rings. The highest BCUT2D eigenvalue weighted by atomic mass is 32.2. The largest absolute Gasteiger partial charge is 0.424 e. The number of nitrogens with zero attached hydrogens (tertiary/aromatic N) is 2.